The van der Waals surface area contributed by atoms with Gasteiger partial charge in [0.05, 0.1) is 0 Å². The van der Waals surface area contributed by atoms with E-state index in [-0.39, 0.29) is 11.9 Å². The average molecular weight is 298 g/mol. The van der Waals surface area contributed by atoms with Crippen LogP contribution in [0.1, 0.15) is 37.3 Å². The molecule has 2 aliphatic carbocycles. The molecule has 17 heavy (non-hydrogen) atoms. The molecule has 2 aliphatic rings. The molecule has 92 valence electrons. The Morgan fingerprint density at radius 1 is 1.29 bits per heavy atom. The maximum absolute atomic E-state index is 13.8. The molecule has 0 spiro atoms. The van der Waals surface area contributed by atoms with E-state index >= 15 is 0 Å². The zero-order chi connectivity index (χ0) is 12.0. The lowest BCUT2D eigenvalue weighted by Gasteiger charge is -2.28. The fraction of sp³-hybridized carbons (Fsp3) is 0.571. The second kappa shape index (κ2) is 4.36. The molecular formula is C14H17BrFN. The third-order valence-electron chi connectivity index (χ3n) is 4.57. The first-order valence-corrected chi connectivity index (χ1v) is 7.15. The predicted octanol–water partition coefficient (Wildman–Crippen LogP) is 4.02. The lowest BCUT2D eigenvalue weighted by molar-refractivity contribution is 0.280. The standard InChI is InChI=1S/C14H17BrFN/c15-10-3-4-13(16)12(7-10)14(17)11-6-8-1-2-9(11)5-8/h3-4,7-9,11,14H,1-2,5-6,17H2. The molecule has 4 atom stereocenters. The Hall–Kier alpha value is -0.410. The Morgan fingerprint density at radius 2 is 2.12 bits per heavy atom. The van der Waals surface area contributed by atoms with Crippen molar-refractivity contribution in [1.82, 2.24) is 0 Å². The summed E-state index contributed by atoms with van der Waals surface area (Å²) in [5.74, 6) is 1.90. The van der Waals surface area contributed by atoms with Crippen molar-refractivity contribution in [3.05, 3.63) is 34.1 Å². The van der Waals surface area contributed by atoms with Gasteiger partial charge in [-0.3, -0.25) is 0 Å². The fourth-order valence-electron chi connectivity index (χ4n) is 3.73. The van der Waals surface area contributed by atoms with Gasteiger partial charge in [0.15, 0.2) is 0 Å². The first-order valence-electron chi connectivity index (χ1n) is 6.35. The Bertz CT molecular complexity index is 434. The molecule has 2 N–H and O–H groups in total. The van der Waals surface area contributed by atoms with Crippen molar-refractivity contribution in [1.29, 1.82) is 0 Å². The highest BCUT2D eigenvalue weighted by molar-refractivity contribution is 9.10. The number of halogens is 2. The predicted molar refractivity (Wildman–Crippen MR) is 70.0 cm³/mol. The van der Waals surface area contributed by atoms with Crippen molar-refractivity contribution in [2.45, 2.75) is 31.7 Å². The molecule has 0 radical (unpaired) electrons. The maximum Gasteiger partial charge on any atom is 0.128 e. The van der Waals surface area contributed by atoms with Gasteiger partial charge in [-0.25, -0.2) is 4.39 Å². The number of fused-ring (bicyclic) bond motifs is 2. The molecule has 2 saturated carbocycles. The summed E-state index contributed by atoms with van der Waals surface area (Å²) in [6, 6.07) is 4.94. The van der Waals surface area contributed by atoms with E-state index in [4.69, 9.17) is 5.73 Å². The third kappa shape index (κ3) is 2.04. The maximum atomic E-state index is 13.8. The van der Waals surface area contributed by atoms with Crippen molar-refractivity contribution in [2.75, 3.05) is 0 Å². The first kappa shape index (κ1) is 11.7. The van der Waals surface area contributed by atoms with Crippen LogP contribution in [0.25, 0.3) is 0 Å². The van der Waals surface area contributed by atoms with Gasteiger partial charge < -0.3 is 5.73 Å². The SMILES string of the molecule is NC(c1cc(Br)ccc1F)C1CC2CCC1C2. The first-order chi connectivity index (χ1) is 8.15. The smallest absolute Gasteiger partial charge is 0.128 e. The summed E-state index contributed by atoms with van der Waals surface area (Å²) >= 11 is 3.39. The Balaban J connectivity index is 1.86. The molecule has 1 nitrogen and oxygen atoms in total. The molecule has 2 bridgehead atoms. The second-order valence-corrected chi connectivity index (χ2v) is 6.45. The molecule has 0 aromatic heterocycles. The molecule has 1 aromatic rings. The number of hydrogen-bond donors (Lipinski definition) is 1. The molecule has 0 aliphatic heterocycles. The van der Waals surface area contributed by atoms with Crippen LogP contribution in [0, 0.1) is 23.6 Å². The summed E-state index contributed by atoms with van der Waals surface area (Å²) in [4.78, 5) is 0. The minimum absolute atomic E-state index is 0.136. The molecule has 4 unspecified atom stereocenters. The van der Waals surface area contributed by atoms with Crippen molar-refractivity contribution >= 4 is 15.9 Å². The molecule has 0 heterocycles. The number of nitrogens with two attached hydrogens (primary N) is 1. The van der Waals surface area contributed by atoms with Crippen molar-refractivity contribution in [3.63, 3.8) is 0 Å². The van der Waals surface area contributed by atoms with Gasteiger partial charge in [0.1, 0.15) is 5.82 Å². The van der Waals surface area contributed by atoms with E-state index in [9.17, 15) is 4.39 Å². The summed E-state index contributed by atoms with van der Waals surface area (Å²) in [6.07, 6.45) is 5.15. The summed E-state index contributed by atoms with van der Waals surface area (Å²) in [5, 5.41) is 0. The van der Waals surface area contributed by atoms with Crippen LogP contribution < -0.4 is 5.73 Å². The topological polar surface area (TPSA) is 26.0 Å². The van der Waals surface area contributed by atoms with E-state index in [2.05, 4.69) is 15.9 Å². The highest BCUT2D eigenvalue weighted by atomic mass is 79.9. The van der Waals surface area contributed by atoms with Gasteiger partial charge in [0, 0.05) is 16.1 Å². The van der Waals surface area contributed by atoms with Crippen molar-refractivity contribution < 1.29 is 4.39 Å². The van der Waals surface area contributed by atoms with Gasteiger partial charge in [0.2, 0.25) is 0 Å². The van der Waals surface area contributed by atoms with Crippen LogP contribution in [0.3, 0.4) is 0 Å². The summed E-state index contributed by atoms with van der Waals surface area (Å²) in [5.41, 5.74) is 6.97. The molecule has 0 saturated heterocycles. The molecule has 0 amide bonds. The summed E-state index contributed by atoms with van der Waals surface area (Å²) in [7, 11) is 0. The number of rotatable bonds is 2. The third-order valence-corrected chi connectivity index (χ3v) is 5.06. The number of hydrogen-bond acceptors (Lipinski definition) is 1. The van der Waals surface area contributed by atoms with Gasteiger partial charge in [-0.05, 0) is 55.2 Å². The van der Waals surface area contributed by atoms with Gasteiger partial charge in [-0.1, -0.05) is 22.4 Å². The monoisotopic (exact) mass is 297 g/mol. The molecule has 3 rings (SSSR count). The average Bonchev–Trinajstić information content (AvgIpc) is 2.93. The van der Waals surface area contributed by atoms with Crippen molar-refractivity contribution in [3.8, 4) is 0 Å². The second-order valence-electron chi connectivity index (χ2n) is 5.53. The normalized spacial score (nSPS) is 33.0. The van der Waals surface area contributed by atoms with E-state index < -0.39 is 0 Å². The van der Waals surface area contributed by atoms with E-state index in [0.717, 1.165) is 16.3 Å². The van der Waals surface area contributed by atoms with Crippen LogP contribution in [-0.4, -0.2) is 0 Å². The highest BCUT2D eigenvalue weighted by Crippen LogP contribution is 2.52. The van der Waals surface area contributed by atoms with Crippen LogP contribution >= 0.6 is 15.9 Å². The largest absolute Gasteiger partial charge is 0.324 e. The van der Waals surface area contributed by atoms with Gasteiger partial charge >= 0.3 is 0 Å². The van der Waals surface area contributed by atoms with Crippen molar-refractivity contribution in [2.24, 2.45) is 23.5 Å². The Kier molecular flexibility index (Phi) is 2.99. The van der Waals surface area contributed by atoms with Gasteiger partial charge in [0.25, 0.3) is 0 Å². The van der Waals surface area contributed by atoms with Crippen LogP contribution in [0.2, 0.25) is 0 Å². The zero-order valence-corrected chi connectivity index (χ0v) is 11.3. The van der Waals surface area contributed by atoms with Gasteiger partial charge in [-0.2, -0.15) is 0 Å². The molecular weight excluding hydrogens is 281 g/mol. The Labute approximate surface area is 110 Å². The minimum Gasteiger partial charge on any atom is -0.324 e. The lowest BCUT2D eigenvalue weighted by Crippen LogP contribution is -2.26. The molecule has 1 aromatic carbocycles. The van der Waals surface area contributed by atoms with E-state index in [1.165, 1.54) is 31.7 Å². The van der Waals surface area contributed by atoms with E-state index in [1.807, 2.05) is 6.07 Å². The Morgan fingerprint density at radius 3 is 2.76 bits per heavy atom. The fourth-order valence-corrected chi connectivity index (χ4v) is 4.11. The summed E-state index contributed by atoms with van der Waals surface area (Å²) in [6.45, 7) is 0. The summed E-state index contributed by atoms with van der Waals surface area (Å²) < 4.78 is 14.7. The lowest BCUT2D eigenvalue weighted by atomic mass is 9.81. The molecule has 2 fully saturated rings. The van der Waals surface area contributed by atoms with Crippen LogP contribution in [0.5, 0.6) is 0 Å². The van der Waals surface area contributed by atoms with Gasteiger partial charge in [-0.15, -0.1) is 0 Å². The highest BCUT2D eigenvalue weighted by Gasteiger charge is 2.42. The molecule has 3 heteroatoms. The van der Waals surface area contributed by atoms with Crippen LogP contribution in [-0.2, 0) is 0 Å². The van der Waals surface area contributed by atoms with Crippen LogP contribution in [0.4, 0.5) is 4.39 Å². The zero-order valence-electron chi connectivity index (χ0n) is 9.70. The van der Waals surface area contributed by atoms with E-state index in [0.29, 0.717) is 11.5 Å². The quantitative estimate of drug-likeness (QED) is 0.876. The van der Waals surface area contributed by atoms with E-state index in [1.54, 1.807) is 6.07 Å². The van der Waals surface area contributed by atoms with Crippen LogP contribution in [0.15, 0.2) is 22.7 Å². The minimum atomic E-state index is -0.163. The number of benzene rings is 1.